The largest absolute Gasteiger partial charge is 0.379 e. The number of aromatic amines is 1. The number of para-hydroxylation sites is 2. The minimum absolute atomic E-state index is 0.0565. The summed E-state index contributed by atoms with van der Waals surface area (Å²) < 4.78 is 0. The van der Waals surface area contributed by atoms with Crippen molar-refractivity contribution in [2.75, 3.05) is 16.8 Å². The highest BCUT2D eigenvalue weighted by Gasteiger charge is 2.30. The molecule has 3 rings (SSSR count). The van der Waals surface area contributed by atoms with Crippen LogP contribution in [0.4, 0.5) is 11.4 Å². The van der Waals surface area contributed by atoms with E-state index in [1.165, 1.54) is 0 Å². The standard InChI is InChI=1S/C16H20N4O/c1-10(2)14-9-20(15-7-5-4-6-12(15)17-14)16(21)13-8-11(3)18-19-13/h4-8,10,14,17H,9H2,1-3H3,(H,18,19)/t14-/m1/s1. The van der Waals surface area contributed by atoms with Gasteiger partial charge in [0.05, 0.1) is 11.4 Å². The van der Waals surface area contributed by atoms with Crippen LogP contribution in [0, 0.1) is 12.8 Å². The van der Waals surface area contributed by atoms with Crippen LogP contribution in [0.25, 0.3) is 0 Å². The third kappa shape index (κ3) is 2.51. The molecular weight excluding hydrogens is 264 g/mol. The van der Waals surface area contributed by atoms with E-state index < -0.39 is 0 Å². The van der Waals surface area contributed by atoms with Crippen LogP contribution in [0.1, 0.15) is 30.0 Å². The van der Waals surface area contributed by atoms with Gasteiger partial charge in [0.1, 0.15) is 0 Å². The van der Waals surface area contributed by atoms with E-state index in [4.69, 9.17) is 0 Å². The molecule has 0 unspecified atom stereocenters. The van der Waals surface area contributed by atoms with Crippen molar-refractivity contribution in [1.82, 2.24) is 10.2 Å². The number of amides is 1. The number of carbonyl (C=O) groups excluding carboxylic acids is 1. The Morgan fingerprint density at radius 2 is 2.14 bits per heavy atom. The third-order valence-corrected chi connectivity index (χ3v) is 3.89. The van der Waals surface area contributed by atoms with E-state index in [0.29, 0.717) is 18.2 Å². The highest BCUT2D eigenvalue weighted by atomic mass is 16.2. The number of nitrogens with one attached hydrogen (secondary N) is 2. The summed E-state index contributed by atoms with van der Waals surface area (Å²) in [5.41, 5.74) is 3.27. The third-order valence-electron chi connectivity index (χ3n) is 3.89. The first-order valence-electron chi connectivity index (χ1n) is 7.25. The Hall–Kier alpha value is -2.30. The van der Waals surface area contributed by atoms with Crippen molar-refractivity contribution < 1.29 is 4.79 Å². The molecule has 5 heteroatoms. The first kappa shape index (κ1) is 13.7. The predicted octanol–water partition coefficient (Wildman–Crippen LogP) is 2.82. The van der Waals surface area contributed by atoms with Crippen LogP contribution >= 0.6 is 0 Å². The quantitative estimate of drug-likeness (QED) is 0.891. The SMILES string of the molecule is Cc1cc(C(=O)N2C[C@H](C(C)C)Nc3ccccc32)n[nH]1. The average Bonchev–Trinajstić information content (AvgIpc) is 2.92. The Bertz CT molecular complexity index is 662. The first-order valence-corrected chi connectivity index (χ1v) is 7.25. The van der Waals surface area contributed by atoms with Crippen molar-refractivity contribution in [3.05, 3.63) is 41.7 Å². The minimum Gasteiger partial charge on any atom is -0.379 e. The van der Waals surface area contributed by atoms with E-state index >= 15 is 0 Å². The van der Waals surface area contributed by atoms with Crippen molar-refractivity contribution >= 4 is 17.3 Å². The van der Waals surface area contributed by atoms with Gasteiger partial charge in [-0.05, 0) is 31.0 Å². The second kappa shape index (κ2) is 5.24. The van der Waals surface area contributed by atoms with Gasteiger partial charge in [-0.25, -0.2) is 0 Å². The Labute approximate surface area is 124 Å². The number of carbonyl (C=O) groups is 1. The Kier molecular flexibility index (Phi) is 3.41. The van der Waals surface area contributed by atoms with E-state index in [1.54, 1.807) is 6.07 Å². The summed E-state index contributed by atoms with van der Waals surface area (Å²) in [6.45, 7) is 6.87. The lowest BCUT2D eigenvalue weighted by Crippen LogP contribution is -2.47. The zero-order valence-electron chi connectivity index (χ0n) is 12.6. The fourth-order valence-corrected chi connectivity index (χ4v) is 2.61. The summed E-state index contributed by atoms with van der Waals surface area (Å²) in [5.74, 6) is 0.383. The summed E-state index contributed by atoms with van der Waals surface area (Å²) in [4.78, 5) is 14.6. The normalized spacial score (nSPS) is 17.5. The summed E-state index contributed by atoms with van der Waals surface area (Å²) in [6.07, 6.45) is 0. The number of H-pyrrole nitrogens is 1. The van der Waals surface area contributed by atoms with Crippen LogP contribution in [0.5, 0.6) is 0 Å². The second-order valence-electron chi connectivity index (χ2n) is 5.86. The molecule has 1 aromatic carbocycles. The van der Waals surface area contributed by atoms with Crippen LogP contribution in [0.3, 0.4) is 0 Å². The lowest BCUT2D eigenvalue weighted by Gasteiger charge is -2.37. The molecule has 2 aromatic rings. The molecule has 0 saturated carbocycles. The molecular formula is C16H20N4O. The molecule has 0 bridgehead atoms. The molecule has 2 N–H and O–H groups in total. The van der Waals surface area contributed by atoms with Gasteiger partial charge >= 0.3 is 0 Å². The topological polar surface area (TPSA) is 61.0 Å². The molecule has 0 spiro atoms. The van der Waals surface area contributed by atoms with Crippen molar-refractivity contribution in [1.29, 1.82) is 0 Å². The van der Waals surface area contributed by atoms with Gasteiger partial charge in [-0.1, -0.05) is 26.0 Å². The molecule has 1 aromatic heterocycles. The number of hydrogen-bond donors (Lipinski definition) is 2. The van der Waals surface area contributed by atoms with E-state index in [9.17, 15) is 4.79 Å². The van der Waals surface area contributed by atoms with Crippen LogP contribution in [-0.4, -0.2) is 28.7 Å². The number of aryl methyl sites for hydroxylation is 1. The Balaban J connectivity index is 1.98. The van der Waals surface area contributed by atoms with Gasteiger partial charge in [0, 0.05) is 18.3 Å². The molecule has 0 saturated heterocycles. The van der Waals surface area contributed by atoms with E-state index in [-0.39, 0.29) is 11.9 Å². The lowest BCUT2D eigenvalue weighted by atomic mass is 9.99. The molecule has 0 aliphatic carbocycles. The summed E-state index contributed by atoms with van der Waals surface area (Å²) in [6, 6.07) is 9.94. The average molecular weight is 284 g/mol. The maximum absolute atomic E-state index is 12.8. The van der Waals surface area contributed by atoms with Crippen LogP contribution in [0.15, 0.2) is 30.3 Å². The highest BCUT2D eigenvalue weighted by Crippen LogP contribution is 2.33. The smallest absolute Gasteiger partial charge is 0.278 e. The zero-order valence-corrected chi connectivity index (χ0v) is 12.6. The number of fused-ring (bicyclic) bond motifs is 1. The summed E-state index contributed by atoms with van der Waals surface area (Å²) in [7, 11) is 0. The number of anilines is 2. The van der Waals surface area contributed by atoms with Crippen molar-refractivity contribution in [3.8, 4) is 0 Å². The van der Waals surface area contributed by atoms with Crippen molar-refractivity contribution in [2.45, 2.75) is 26.8 Å². The van der Waals surface area contributed by atoms with Crippen LogP contribution < -0.4 is 10.2 Å². The second-order valence-corrected chi connectivity index (χ2v) is 5.86. The molecule has 0 radical (unpaired) electrons. The number of nitrogens with zero attached hydrogens (tertiary/aromatic N) is 2. The molecule has 21 heavy (non-hydrogen) atoms. The van der Waals surface area contributed by atoms with Crippen LogP contribution in [0.2, 0.25) is 0 Å². The molecule has 1 aliphatic rings. The van der Waals surface area contributed by atoms with Crippen LogP contribution in [-0.2, 0) is 0 Å². The molecule has 1 amide bonds. The number of rotatable bonds is 2. The number of hydrogen-bond acceptors (Lipinski definition) is 3. The van der Waals surface area contributed by atoms with Gasteiger partial charge in [-0.3, -0.25) is 9.89 Å². The molecule has 2 heterocycles. The van der Waals surface area contributed by atoms with Gasteiger partial charge in [-0.15, -0.1) is 0 Å². The van der Waals surface area contributed by atoms with Gasteiger partial charge in [0.2, 0.25) is 0 Å². The fraction of sp³-hybridized carbons (Fsp3) is 0.375. The monoisotopic (exact) mass is 284 g/mol. The predicted molar refractivity (Wildman–Crippen MR) is 83.7 cm³/mol. The van der Waals surface area contributed by atoms with Crippen molar-refractivity contribution in [3.63, 3.8) is 0 Å². The maximum Gasteiger partial charge on any atom is 0.278 e. The minimum atomic E-state index is -0.0565. The fourth-order valence-electron chi connectivity index (χ4n) is 2.61. The Morgan fingerprint density at radius 1 is 1.38 bits per heavy atom. The molecule has 5 nitrogen and oxygen atoms in total. The van der Waals surface area contributed by atoms with E-state index in [2.05, 4.69) is 29.4 Å². The zero-order chi connectivity index (χ0) is 15.0. The van der Waals surface area contributed by atoms with Gasteiger partial charge in [-0.2, -0.15) is 5.10 Å². The Morgan fingerprint density at radius 3 is 2.81 bits per heavy atom. The molecule has 1 aliphatic heterocycles. The summed E-state index contributed by atoms with van der Waals surface area (Å²) in [5, 5.41) is 10.4. The highest BCUT2D eigenvalue weighted by molar-refractivity contribution is 6.07. The van der Waals surface area contributed by atoms with Gasteiger partial charge in [0.25, 0.3) is 5.91 Å². The van der Waals surface area contributed by atoms with Crippen molar-refractivity contribution in [2.24, 2.45) is 5.92 Å². The molecule has 1 atom stereocenters. The van der Waals surface area contributed by atoms with Gasteiger partial charge in [0.15, 0.2) is 5.69 Å². The number of benzene rings is 1. The maximum atomic E-state index is 12.8. The first-order chi connectivity index (χ1) is 10.1. The summed E-state index contributed by atoms with van der Waals surface area (Å²) >= 11 is 0. The van der Waals surface area contributed by atoms with E-state index in [0.717, 1.165) is 17.1 Å². The molecule has 0 fully saturated rings. The molecule has 110 valence electrons. The van der Waals surface area contributed by atoms with Gasteiger partial charge < -0.3 is 10.2 Å². The number of aromatic nitrogens is 2. The van der Waals surface area contributed by atoms with E-state index in [1.807, 2.05) is 36.1 Å². The lowest BCUT2D eigenvalue weighted by molar-refractivity contribution is 0.0979.